The van der Waals surface area contributed by atoms with Crippen LogP contribution in [0.25, 0.3) is 76.5 Å². The second-order valence-electron chi connectivity index (χ2n) is 11.3. The molecule has 7 aromatic carbocycles. The second-order valence-corrected chi connectivity index (χ2v) is 11.3. The fourth-order valence-electron chi connectivity index (χ4n) is 7.13. The molecule has 178 valence electrons. The summed E-state index contributed by atoms with van der Waals surface area (Å²) in [4.78, 5) is 0. The zero-order valence-corrected chi connectivity index (χ0v) is 21.3. The summed E-state index contributed by atoms with van der Waals surface area (Å²) in [5.41, 5.74) is 9.70. The highest BCUT2D eigenvalue weighted by Crippen LogP contribution is 2.51. The van der Waals surface area contributed by atoms with E-state index in [1.807, 2.05) is 0 Å². The van der Waals surface area contributed by atoms with E-state index in [2.05, 4.69) is 123 Å². The second kappa shape index (κ2) is 6.82. The van der Waals surface area contributed by atoms with Crippen LogP contribution in [0.15, 0.2) is 114 Å². The van der Waals surface area contributed by atoms with Gasteiger partial charge in [0.15, 0.2) is 0 Å². The van der Waals surface area contributed by atoms with E-state index in [4.69, 9.17) is 4.42 Å². The van der Waals surface area contributed by atoms with Crippen molar-refractivity contribution in [3.8, 4) is 22.3 Å². The first-order chi connectivity index (χ1) is 18.6. The number of fused-ring (bicyclic) bond motifs is 6. The summed E-state index contributed by atoms with van der Waals surface area (Å²) in [6.07, 6.45) is 0. The molecule has 0 saturated heterocycles. The van der Waals surface area contributed by atoms with Gasteiger partial charge in [0.25, 0.3) is 0 Å². The van der Waals surface area contributed by atoms with Crippen molar-refractivity contribution in [1.82, 2.24) is 0 Å². The van der Waals surface area contributed by atoms with Gasteiger partial charge in [0.05, 0.1) is 0 Å². The largest absolute Gasteiger partial charge is 0.456 e. The lowest BCUT2D eigenvalue weighted by molar-refractivity contribution is 0.658. The number of benzene rings is 7. The molecular weight excluding hydrogens is 460 g/mol. The summed E-state index contributed by atoms with van der Waals surface area (Å²) in [5, 5.41) is 10.2. The molecule has 9 rings (SSSR count). The van der Waals surface area contributed by atoms with Crippen molar-refractivity contribution in [2.24, 2.45) is 0 Å². The smallest absolute Gasteiger partial charge is 0.136 e. The standard InChI is InChI=1S/C37H24O/c1-37(2)31-9-4-3-8-26(31)29-20-34-30(19-32(29)37)27-16-14-24(18-33(27)38-34)25-15-12-23-11-10-21-6-5-7-22-13-17-28(25)36(23)35(21)22/h3-20H,1-2H3. The Hall–Kier alpha value is -4.62. The van der Waals surface area contributed by atoms with Crippen LogP contribution in [-0.2, 0) is 5.41 Å². The van der Waals surface area contributed by atoms with Crippen LogP contribution in [0.4, 0.5) is 0 Å². The topological polar surface area (TPSA) is 13.1 Å². The summed E-state index contributed by atoms with van der Waals surface area (Å²) >= 11 is 0. The molecule has 0 atom stereocenters. The normalized spacial score (nSPS) is 14.3. The summed E-state index contributed by atoms with van der Waals surface area (Å²) < 4.78 is 6.55. The average Bonchev–Trinajstić information content (AvgIpc) is 3.42. The van der Waals surface area contributed by atoms with E-state index in [9.17, 15) is 0 Å². The average molecular weight is 485 g/mol. The maximum atomic E-state index is 6.55. The molecule has 0 spiro atoms. The van der Waals surface area contributed by atoms with E-state index >= 15 is 0 Å². The van der Waals surface area contributed by atoms with Crippen LogP contribution in [0.3, 0.4) is 0 Å². The fraction of sp³-hybridized carbons (Fsp3) is 0.0811. The minimum absolute atomic E-state index is 0.0225. The molecule has 8 aromatic rings. The SMILES string of the molecule is CC1(C)c2ccccc2-c2cc3oc4cc(-c5ccc6ccc7cccc8ccc5c6c78)ccc4c3cc21. The van der Waals surface area contributed by atoms with Gasteiger partial charge in [0, 0.05) is 16.2 Å². The number of hydrogen-bond donors (Lipinski definition) is 0. The highest BCUT2D eigenvalue weighted by molar-refractivity contribution is 6.25. The van der Waals surface area contributed by atoms with Crippen molar-refractivity contribution in [2.75, 3.05) is 0 Å². The van der Waals surface area contributed by atoms with E-state index in [0.717, 1.165) is 11.2 Å². The van der Waals surface area contributed by atoms with Crippen LogP contribution in [0, 0.1) is 0 Å². The molecule has 0 bridgehead atoms. The lowest BCUT2D eigenvalue weighted by Gasteiger charge is -2.21. The van der Waals surface area contributed by atoms with Crippen LogP contribution >= 0.6 is 0 Å². The van der Waals surface area contributed by atoms with Gasteiger partial charge in [-0.15, -0.1) is 0 Å². The predicted octanol–water partition coefficient (Wildman–Crippen LogP) is 10.5. The van der Waals surface area contributed by atoms with Crippen LogP contribution in [0.2, 0.25) is 0 Å². The van der Waals surface area contributed by atoms with Gasteiger partial charge < -0.3 is 4.42 Å². The molecule has 0 aliphatic heterocycles. The lowest BCUT2D eigenvalue weighted by Crippen LogP contribution is -2.14. The Kier molecular flexibility index (Phi) is 3.67. The highest BCUT2D eigenvalue weighted by atomic mass is 16.3. The van der Waals surface area contributed by atoms with Crippen molar-refractivity contribution >= 4 is 54.3 Å². The molecule has 0 radical (unpaired) electrons. The fourth-order valence-corrected chi connectivity index (χ4v) is 7.13. The van der Waals surface area contributed by atoms with Gasteiger partial charge in [-0.2, -0.15) is 0 Å². The molecule has 1 nitrogen and oxygen atoms in total. The van der Waals surface area contributed by atoms with Crippen LogP contribution in [0.5, 0.6) is 0 Å². The van der Waals surface area contributed by atoms with E-state index in [0.29, 0.717) is 0 Å². The first-order valence-electron chi connectivity index (χ1n) is 13.4. The quantitative estimate of drug-likeness (QED) is 0.211. The third-order valence-corrected chi connectivity index (χ3v) is 9.02. The maximum absolute atomic E-state index is 6.55. The van der Waals surface area contributed by atoms with Gasteiger partial charge in [0.1, 0.15) is 11.2 Å². The Labute approximate surface area is 220 Å². The van der Waals surface area contributed by atoms with Crippen LogP contribution in [-0.4, -0.2) is 0 Å². The number of hydrogen-bond acceptors (Lipinski definition) is 1. The van der Waals surface area contributed by atoms with Gasteiger partial charge in [-0.25, -0.2) is 0 Å². The van der Waals surface area contributed by atoms with Gasteiger partial charge in [-0.05, 0) is 90.0 Å². The van der Waals surface area contributed by atoms with Crippen molar-refractivity contribution in [1.29, 1.82) is 0 Å². The van der Waals surface area contributed by atoms with Gasteiger partial charge in [-0.3, -0.25) is 0 Å². The molecule has 1 aliphatic rings. The molecular formula is C37H24O. The Morgan fingerprint density at radius 1 is 0.474 bits per heavy atom. The van der Waals surface area contributed by atoms with Gasteiger partial charge >= 0.3 is 0 Å². The van der Waals surface area contributed by atoms with Gasteiger partial charge in [-0.1, -0.05) is 98.8 Å². The molecule has 0 saturated carbocycles. The van der Waals surface area contributed by atoms with Crippen LogP contribution < -0.4 is 0 Å². The van der Waals surface area contributed by atoms with Crippen molar-refractivity contribution in [3.63, 3.8) is 0 Å². The van der Waals surface area contributed by atoms with Crippen molar-refractivity contribution < 1.29 is 4.42 Å². The Morgan fingerprint density at radius 2 is 1.18 bits per heavy atom. The molecule has 38 heavy (non-hydrogen) atoms. The van der Waals surface area contributed by atoms with E-state index < -0.39 is 0 Å². The molecule has 0 unspecified atom stereocenters. The predicted molar refractivity (Wildman–Crippen MR) is 160 cm³/mol. The van der Waals surface area contributed by atoms with E-state index in [1.165, 1.54) is 76.5 Å². The molecule has 0 amide bonds. The number of rotatable bonds is 1. The molecule has 1 aliphatic carbocycles. The summed E-state index contributed by atoms with van der Waals surface area (Å²) in [5.74, 6) is 0. The third kappa shape index (κ3) is 2.47. The monoisotopic (exact) mass is 484 g/mol. The summed E-state index contributed by atoms with van der Waals surface area (Å²) in [6.45, 7) is 4.66. The number of furan rings is 1. The molecule has 0 N–H and O–H groups in total. The Morgan fingerprint density at radius 3 is 2.05 bits per heavy atom. The first-order valence-corrected chi connectivity index (χ1v) is 13.4. The minimum Gasteiger partial charge on any atom is -0.456 e. The lowest BCUT2D eigenvalue weighted by atomic mass is 9.82. The van der Waals surface area contributed by atoms with Crippen LogP contribution in [0.1, 0.15) is 25.0 Å². The molecule has 0 fully saturated rings. The van der Waals surface area contributed by atoms with E-state index in [-0.39, 0.29) is 5.41 Å². The minimum atomic E-state index is -0.0225. The molecule has 1 aromatic heterocycles. The van der Waals surface area contributed by atoms with E-state index in [1.54, 1.807) is 0 Å². The third-order valence-electron chi connectivity index (χ3n) is 9.02. The highest BCUT2D eigenvalue weighted by Gasteiger charge is 2.35. The molecule has 1 heteroatoms. The maximum Gasteiger partial charge on any atom is 0.136 e. The van der Waals surface area contributed by atoms with Crippen molar-refractivity contribution in [2.45, 2.75) is 19.3 Å². The molecule has 1 heterocycles. The summed E-state index contributed by atoms with van der Waals surface area (Å²) in [7, 11) is 0. The Balaban J connectivity index is 1.28. The van der Waals surface area contributed by atoms with Crippen molar-refractivity contribution in [3.05, 3.63) is 120 Å². The zero-order chi connectivity index (χ0) is 25.2. The van der Waals surface area contributed by atoms with Gasteiger partial charge in [0.2, 0.25) is 0 Å². The first kappa shape index (κ1) is 20.4. The summed E-state index contributed by atoms with van der Waals surface area (Å²) in [6, 6.07) is 40.3. The Bertz CT molecular complexity index is 2240. The zero-order valence-electron chi connectivity index (χ0n) is 21.3.